The van der Waals surface area contributed by atoms with Crippen LogP contribution in [0, 0.1) is 24.1 Å². The molecule has 2 N–H and O–H groups in total. The lowest BCUT2D eigenvalue weighted by Gasteiger charge is -2.33. The molecule has 0 aliphatic carbocycles. The number of carboxylic acids is 1. The summed E-state index contributed by atoms with van der Waals surface area (Å²) in [6, 6.07) is 5.44. The fraction of sp³-hybridized carbons (Fsp3) is 0.333. The van der Waals surface area contributed by atoms with E-state index in [4.69, 9.17) is 11.6 Å². The zero-order valence-corrected chi connectivity index (χ0v) is 20.0. The molecule has 36 heavy (non-hydrogen) atoms. The van der Waals surface area contributed by atoms with Crippen LogP contribution in [0.3, 0.4) is 0 Å². The molecule has 3 heterocycles. The van der Waals surface area contributed by atoms with Gasteiger partial charge >= 0.3 is 5.97 Å². The Hall–Kier alpha value is -3.78. The van der Waals surface area contributed by atoms with E-state index in [2.05, 4.69) is 10.3 Å². The largest absolute Gasteiger partial charge is 0.478 e. The monoisotopic (exact) mass is 519 g/mol. The Morgan fingerprint density at radius 3 is 2.61 bits per heavy atom. The van der Waals surface area contributed by atoms with Gasteiger partial charge in [-0.05, 0) is 37.6 Å². The highest BCUT2D eigenvalue weighted by Gasteiger charge is 2.35. The lowest BCUT2D eigenvalue weighted by Crippen LogP contribution is -2.41. The predicted octanol–water partition coefficient (Wildman–Crippen LogP) is 4.77. The number of anilines is 2. The van der Waals surface area contributed by atoms with E-state index < -0.39 is 47.7 Å². The molecule has 4 rings (SSSR count). The van der Waals surface area contributed by atoms with Crippen molar-refractivity contribution in [2.45, 2.75) is 38.7 Å². The molecule has 1 aliphatic rings. The van der Waals surface area contributed by atoms with Gasteiger partial charge in [-0.2, -0.15) is 5.26 Å². The van der Waals surface area contributed by atoms with Crippen LogP contribution in [0.2, 0.25) is 5.02 Å². The summed E-state index contributed by atoms with van der Waals surface area (Å²) in [5.41, 5.74) is -0.345. The molecule has 0 spiro atoms. The van der Waals surface area contributed by atoms with Gasteiger partial charge in [-0.3, -0.25) is 9.20 Å². The molecule has 12 heteroatoms. The maximum atomic E-state index is 14.4. The van der Waals surface area contributed by atoms with Gasteiger partial charge in [0.15, 0.2) is 17.2 Å². The number of aryl methyl sites for hydroxylation is 1. The molecule has 0 amide bonds. The van der Waals surface area contributed by atoms with E-state index in [1.54, 1.807) is 19.9 Å². The van der Waals surface area contributed by atoms with Crippen LogP contribution in [0.25, 0.3) is 5.65 Å². The topological polar surface area (TPSA) is 111 Å². The standard InChI is InChI=1S/C24H21ClF3N5O3/c1-12-9-14(13(2)30-17-4-3-16(25)19(26)18(17)23(35)36)21-31-20(15(10-29)22(34)33(21)11-12)32-7-5-24(27,28)6-8-32/h3-4,9,11,13,30H,5-8H2,1-2H3,(H,35,36)/t13-/m1/s1. The third-order valence-corrected chi connectivity index (χ3v) is 6.42. The van der Waals surface area contributed by atoms with E-state index in [1.165, 1.54) is 27.6 Å². The maximum Gasteiger partial charge on any atom is 0.340 e. The molecule has 0 unspecified atom stereocenters. The van der Waals surface area contributed by atoms with Gasteiger partial charge in [0.05, 0.1) is 16.8 Å². The molecule has 1 fully saturated rings. The van der Waals surface area contributed by atoms with Crippen LogP contribution < -0.4 is 15.8 Å². The highest BCUT2D eigenvalue weighted by molar-refractivity contribution is 6.31. The Labute approximate surface area is 208 Å². The van der Waals surface area contributed by atoms with Crippen molar-refractivity contribution >= 4 is 34.7 Å². The maximum absolute atomic E-state index is 14.4. The van der Waals surface area contributed by atoms with Crippen LogP contribution >= 0.6 is 11.6 Å². The second-order valence-corrected chi connectivity index (χ2v) is 9.10. The van der Waals surface area contributed by atoms with Gasteiger partial charge in [-0.1, -0.05) is 11.6 Å². The third-order valence-electron chi connectivity index (χ3n) is 6.12. The fourth-order valence-corrected chi connectivity index (χ4v) is 4.44. The third kappa shape index (κ3) is 4.56. The van der Waals surface area contributed by atoms with E-state index in [0.29, 0.717) is 11.1 Å². The zero-order valence-electron chi connectivity index (χ0n) is 19.3. The molecule has 1 saturated heterocycles. The number of alkyl halides is 2. The van der Waals surface area contributed by atoms with Crippen molar-refractivity contribution in [1.29, 1.82) is 5.26 Å². The number of carboxylic acid groups (broad SMARTS) is 1. The minimum Gasteiger partial charge on any atom is -0.478 e. The first-order valence-corrected chi connectivity index (χ1v) is 11.4. The van der Waals surface area contributed by atoms with E-state index >= 15 is 0 Å². The lowest BCUT2D eigenvalue weighted by molar-refractivity contribution is -0.0221. The van der Waals surface area contributed by atoms with Gasteiger partial charge in [0.2, 0.25) is 0 Å². The molecule has 0 saturated carbocycles. The molecule has 0 radical (unpaired) electrons. The predicted molar refractivity (Wildman–Crippen MR) is 128 cm³/mol. The van der Waals surface area contributed by atoms with Crippen LogP contribution in [0.5, 0.6) is 0 Å². The van der Waals surface area contributed by atoms with Crippen LogP contribution in [-0.4, -0.2) is 39.5 Å². The average molecular weight is 520 g/mol. The summed E-state index contributed by atoms with van der Waals surface area (Å²) in [5.74, 6) is -5.42. The number of aromatic carboxylic acids is 1. The first-order chi connectivity index (χ1) is 16.9. The zero-order chi connectivity index (χ0) is 26.4. The van der Waals surface area contributed by atoms with Crippen molar-refractivity contribution in [1.82, 2.24) is 9.38 Å². The summed E-state index contributed by atoms with van der Waals surface area (Å²) in [6.07, 6.45) is 0.635. The van der Waals surface area contributed by atoms with Gasteiger partial charge in [0, 0.05) is 37.7 Å². The lowest BCUT2D eigenvalue weighted by atomic mass is 10.0. The first kappa shape index (κ1) is 25.3. The normalized spacial score (nSPS) is 16.0. The SMILES string of the molecule is Cc1cc([C@@H](C)Nc2ccc(Cl)c(F)c2C(=O)O)c2nc(N3CCC(F)(F)CC3)c(C#N)c(=O)n2c1. The van der Waals surface area contributed by atoms with Crippen molar-refractivity contribution in [3.8, 4) is 6.07 Å². The summed E-state index contributed by atoms with van der Waals surface area (Å²) < 4.78 is 43.0. The number of fused-ring (bicyclic) bond motifs is 1. The second-order valence-electron chi connectivity index (χ2n) is 8.69. The fourth-order valence-electron chi connectivity index (χ4n) is 4.28. The number of piperidine rings is 1. The number of halogens is 4. The number of benzene rings is 1. The number of aromatic nitrogens is 2. The van der Waals surface area contributed by atoms with Crippen LogP contribution in [0.1, 0.15) is 52.9 Å². The summed E-state index contributed by atoms with van der Waals surface area (Å²) in [6.45, 7) is 3.23. The molecule has 3 aromatic rings. The molecule has 0 bridgehead atoms. The number of hydrogen-bond acceptors (Lipinski definition) is 6. The van der Waals surface area contributed by atoms with Crippen LogP contribution in [-0.2, 0) is 0 Å². The van der Waals surface area contributed by atoms with E-state index in [-0.39, 0.29) is 40.8 Å². The quantitative estimate of drug-likeness (QED) is 0.499. The Morgan fingerprint density at radius 2 is 2.00 bits per heavy atom. The number of pyridine rings is 1. The number of nitrogens with one attached hydrogen (secondary N) is 1. The number of nitriles is 1. The summed E-state index contributed by atoms with van der Waals surface area (Å²) in [5, 5.41) is 21.8. The number of hydrogen-bond donors (Lipinski definition) is 2. The summed E-state index contributed by atoms with van der Waals surface area (Å²) >= 11 is 5.75. The van der Waals surface area contributed by atoms with E-state index in [0.717, 1.165) is 0 Å². The number of rotatable bonds is 5. The minimum atomic E-state index is -2.83. The van der Waals surface area contributed by atoms with Gasteiger partial charge in [-0.15, -0.1) is 0 Å². The molecule has 1 aromatic carbocycles. The Bertz CT molecular complexity index is 1470. The second kappa shape index (κ2) is 9.35. The Kier molecular flexibility index (Phi) is 6.58. The summed E-state index contributed by atoms with van der Waals surface area (Å²) in [4.78, 5) is 30.9. The Morgan fingerprint density at radius 1 is 1.33 bits per heavy atom. The van der Waals surface area contributed by atoms with Crippen molar-refractivity contribution in [3.05, 3.63) is 67.8 Å². The summed E-state index contributed by atoms with van der Waals surface area (Å²) in [7, 11) is 0. The highest BCUT2D eigenvalue weighted by atomic mass is 35.5. The molecular formula is C24H21ClF3N5O3. The highest BCUT2D eigenvalue weighted by Crippen LogP contribution is 2.33. The Balaban J connectivity index is 1.85. The average Bonchev–Trinajstić information content (AvgIpc) is 2.81. The number of carbonyl (C=O) groups is 1. The molecule has 8 nitrogen and oxygen atoms in total. The van der Waals surface area contributed by atoms with Gasteiger partial charge in [0.1, 0.15) is 17.3 Å². The van der Waals surface area contributed by atoms with Gasteiger partial charge in [0.25, 0.3) is 11.5 Å². The van der Waals surface area contributed by atoms with Crippen molar-refractivity contribution in [2.75, 3.05) is 23.3 Å². The number of nitrogens with zero attached hydrogens (tertiary/aromatic N) is 4. The van der Waals surface area contributed by atoms with Crippen molar-refractivity contribution in [2.24, 2.45) is 0 Å². The molecule has 188 valence electrons. The van der Waals surface area contributed by atoms with Gasteiger partial charge < -0.3 is 15.3 Å². The van der Waals surface area contributed by atoms with Crippen molar-refractivity contribution < 1.29 is 23.1 Å². The molecule has 1 atom stereocenters. The van der Waals surface area contributed by atoms with Crippen LogP contribution in [0.4, 0.5) is 24.7 Å². The molecule has 1 aliphatic heterocycles. The van der Waals surface area contributed by atoms with Crippen LogP contribution in [0.15, 0.2) is 29.2 Å². The van der Waals surface area contributed by atoms with E-state index in [9.17, 15) is 33.1 Å². The van der Waals surface area contributed by atoms with Crippen molar-refractivity contribution in [3.63, 3.8) is 0 Å². The molecule has 2 aromatic heterocycles. The van der Waals surface area contributed by atoms with E-state index in [1.807, 2.05) is 6.07 Å². The first-order valence-electron chi connectivity index (χ1n) is 11.0. The van der Waals surface area contributed by atoms with Gasteiger partial charge in [-0.25, -0.2) is 22.9 Å². The smallest absolute Gasteiger partial charge is 0.340 e. The molecular weight excluding hydrogens is 499 g/mol. The minimum absolute atomic E-state index is 0.0130.